The molecule has 2 N–H and O–H groups in total. The van der Waals surface area contributed by atoms with Crippen LogP contribution in [-0.4, -0.2) is 41.4 Å². The Labute approximate surface area is 107 Å². The fraction of sp³-hybridized carbons (Fsp3) is 0.727. The molecule has 1 aliphatic heterocycles. The standard InChI is InChI=1S/C11H18N4O2S/c1-14-6-11(13-7-14)18(16,17)15-4-9(8-2-3-8)10(12)5-15/h6-10H,2-5,12H2,1H3. The summed E-state index contributed by atoms with van der Waals surface area (Å²) >= 11 is 0. The quantitative estimate of drug-likeness (QED) is 0.823. The largest absolute Gasteiger partial charge is 0.339 e. The van der Waals surface area contributed by atoms with Gasteiger partial charge in [-0.2, -0.15) is 4.31 Å². The van der Waals surface area contributed by atoms with Crippen LogP contribution < -0.4 is 5.73 Å². The number of rotatable bonds is 3. The number of imidazole rings is 1. The molecule has 1 aromatic rings. The van der Waals surface area contributed by atoms with Gasteiger partial charge < -0.3 is 10.3 Å². The van der Waals surface area contributed by atoms with E-state index >= 15 is 0 Å². The van der Waals surface area contributed by atoms with Gasteiger partial charge in [0.2, 0.25) is 0 Å². The van der Waals surface area contributed by atoms with Crippen LogP contribution in [0.5, 0.6) is 0 Å². The number of aryl methyl sites for hydroxylation is 1. The van der Waals surface area contributed by atoms with E-state index in [4.69, 9.17) is 5.73 Å². The lowest BCUT2D eigenvalue weighted by Crippen LogP contribution is -2.32. The van der Waals surface area contributed by atoms with Gasteiger partial charge in [0.15, 0.2) is 5.03 Å². The minimum Gasteiger partial charge on any atom is -0.339 e. The summed E-state index contributed by atoms with van der Waals surface area (Å²) in [5, 5.41) is 0.119. The van der Waals surface area contributed by atoms with Crippen LogP contribution in [0.2, 0.25) is 0 Å². The predicted molar refractivity (Wildman–Crippen MR) is 66.2 cm³/mol. The Kier molecular flexibility index (Phi) is 2.72. The first-order chi connectivity index (χ1) is 8.48. The monoisotopic (exact) mass is 270 g/mol. The summed E-state index contributed by atoms with van der Waals surface area (Å²) in [6.45, 7) is 0.963. The molecule has 2 atom stereocenters. The summed E-state index contributed by atoms with van der Waals surface area (Å²) in [7, 11) is -1.71. The van der Waals surface area contributed by atoms with E-state index in [1.54, 1.807) is 11.6 Å². The van der Waals surface area contributed by atoms with E-state index in [1.807, 2.05) is 0 Å². The van der Waals surface area contributed by atoms with Gasteiger partial charge in [0.05, 0.1) is 6.33 Å². The molecule has 2 unspecified atom stereocenters. The van der Waals surface area contributed by atoms with E-state index in [1.165, 1.54) is 29.7 Å². The van der Waals surface area contributed by atoms with Crippen molar-refractivity contribution in [2.75, 3.05) is 13.1 Å². The highest BCUT2D eigenvalue weighted by Crippen LogP contribution is 2.41. The third kappa shape index (κ3) is 1.96. The van der Waals surface area contributed by atoms with Gasteiger partial charge in [0.1, 0.15) is 0 Å². The van der Waals surface area contributed by atoms with Crippen LogP contribution in [0, 0.1) is 11.8 Å². The molecular formula is C11H18N4O2S. The maximum absolute atomic E-state index is 12.4. The molecule has 6 nitrogen and oxygen atoms in total. The molecule has 1 saturated carbocycles. The predicted octanol–water partition coefficient (Wildman–Crippen LogP) is -0.222. The van der Waals surface area contributed by atoms with E-state index in [2.05, 4.69) is 4.98 Å². The van der Waals surface area contributed by atoms with Crippen molar-refractivity contribution in [2.45, 2.75) is 23.9 Å². The van der Waals surface area contributed by atoms with E-state index in [0.29, 0.717) is 24.9 Å². The minimum atomic E-state index is -3.47. The molecule has 0 radical (unpaired) electrons. The minimum absolute atomic E-state index is 0.0315. The van der Waals surface area contributed by atoms with Gasteiger partial charge in [0.25, 0.3) is 10.0 Å². The van der Waals surface area contributed by atoms with E-state index in [0.717, 1.165) is 0 Å². The molecule has 2 heterocycles. The molecule has 1 saturated heterocycles. The molecule has 0 amide bonds. The van der Waals surface area contributed by atoms with Crippen LogP contribution in [0.3, 0.4) is 0 Å². The lowest BCUT2D eigenvalue weighted by molar-refractivity contribution is 0.427. The van der Waals surface area contributed by atoms with Crippen molar-refractivity contribution in [3.63, 3.8) is 0 Å². The molecule has 7 heteroatoms. The van der Waals surface area contributed by atoms with Gasteiger partial charge in [-0.15, -0.1) is 0 Å². The number of nitrogens with two attached hydrogens (primary N) is 1. The zero-order chi connectivity index (χ0) is 12.9. The Morgan fingerprint density at radius 3 is 2.67 bits per heavy atom. The molecule has 0 spiro atoms. The summed E-state index contributed by atoms with van der Waals surface area (Å²) in [6.07, 6.45) is 5.41. The van der Waals surface area contributed by atoms with Crippen molar-refractivity contribution in [3.8, 4) is 0 Å². The third-order valence-corrected chi connectivity index (χ3v) is 5.61. The molecule has 1 aromatic heterocycles. The molecule has 18 heavy (non-hydrogen) atoms. The molecular weight excluding hydrogens is 252 g/mol. The summed E-state index contributed by atoms with van der Waals surface area (Å²) < 4.78 is 27.9. The Bertz CT molecular complexity index is 549. The Hall–Kier alpha value is -0.920. The summed E-state index contributed by atoms with van der Waals surface area (Å²) in [6, 6.07) is -0.0315. The van der Waals surface area contributed by atoms with Crippen molar-refractivity contribution in [3.05, 3.63) is 12.5 Å². The van der Waals surface area contributed by atoms with Crippen LogP contribution >= 0.6 is 0 Å². The average molecular weight is 270 g/mol. The fourth-order valence-corrected chi connectivity index (χ4v) is 4.17. The summed E-state index contributed by atoms with van der Waals surface area (Å²) in [5.41, 5.74) is 6.06. The highest BCUT2D eigenvalue weighted by atomic mass is 32.2. The molecule has 0 bridgehead atoms. The molecule has 2 aliphatic rings. The molecule has 100 valence electrons. The van der Waals surface area contributed by atoms with E-state index in [9.17, 15) is 8.42 Å². The summed E-state index contributed by atoms with van der Waals surface area (Å²) in [4.78, 5) is 3.94. The molecule has 1 aliphatic carbocycles. The fourth-order valence-electron chi connectivity index (χ4n) is 2.69. The van der Waals surface area contributed by atoms with E-state index in [-0.39, 0.29) is 11.1 Å². The van der Waals surface area contributed by atoms with Gasteiger partial charge >= 0.3 is 0 Å². The highest BCUT2D eigenvalue weighted by molar-refractivity contribution is 7.89. The van der Waals surface area contributed by atoms with Gasteiger partial charge in [-0.1, -0.05) is 0 Å². The van der Waals surface area contributed by atoms with Gasteiger partial charge in [0, 0.05) is 32.4 Å². The van der Waals surface area contributed by atoms with Gasteiger partial charge in [-0.3, -0.25) is 0 Å². The zero-order valence-corrected chi connectivity index (χ0v) is 11.2. The second-order valence-corrected chi connectivity index (χ2v) is 7.25. The first-order valence-corrected chi connectivity index (χ1v) is 7.66. The zero-order valence-electron chi connectivity index (χ0n) is 10.4. The van der Waals surface area contributed by atoms with Crippen LogP contribution in [-0.2, 0) is 17.1 Å². The first kappa shape index (κ1) is 12.1. The topological polar surface area (TPSA) is 81.2 Å². The normalized spacial score (nSPS) is 29.9. The number of hydrogen-bond donors (Lipinski definition) is 1. The van der Waals surface area contributed by atoms with Crippen LogP contribution in [0.1, 0.15) is 12.8 Å². The highest BCUT2D eigenvalue weighted by Gasteiger charge is 2.44. The Morgan fingerprint density at radius 2 is 2.11 bits per heavy atom. The number of sulfonamides is 1. The van der Waals surface area contributed by atoms with Gasteiger partial charge in [-0.05, 0) is 24.7 Å². The Balaban J connectivity index is 1.82. The Morgan fingerprint density at radius 1 is 1.39 bits per heavy atom. The molecule has 2 fully saturated rings. The van der Waals surface area contributed by atoms with E-state index < -0.39 is 10.0 Å². The maximum atomic E-state index is 12.4. The molecule has 0 aromatic carbocycles. The number of aromatic nitrogens is 2. The SMILES string of the molecule is Cn1cnc(S(=O)(=O)N2CC(N)C(C3CC3)C2)c1. The smallest absolute Gasteiger partial charge is 0.262 e. The summed E-state index contributed by atoms with van der Waals surface area (Å²) in [5.74, 6) is 0.951. The number of hydrogen-bond acceptors (Lipinski definition) is 4. The lowest BCUT2D eigenvalue weighted by Gasteiger charge is -2.14. The average Bonchev–Trinajstić information content (AvgIpc) is 2.93. The van der Waals surface area contributed by atoms with Crippen molar-refractivity contribution in [2.24, 2.45) is 24.6 Å². The van der Waals surface area contributed by atoms with Crippen molar-refractivity contribution >= 4 is 10.0 Å². The third-order valence-electron chi connectivity index (χ3n) is 3.89. The van der Waals surface area contributed by atoms with Crippen LogP contribution in [0.15, 0.2) is 17.6 Å². The van der Waals surface area contributed by atoms with Crippen LogP contribution in [0.4, 0.5) is 0 Å². The second-order valence-electron chi connectivity index (χ2n) is 5.36. The van der Waals surface area contributed by atoms with Crippen molar-refractivity contribution in [1.82, 2.24) is 13.9 Å². The number of nitrogens with zero attached hydrogens (tertiary/aromatic N) is 3. The maximum Gasteiger partial charge on any atom is 0.262 e. The van der Waals surface area contributed by atoms with Crippen molar-refractivity contribution < 1.29 is 8.42 Å². The van der Waals surface area contributed by atoms with Gasteiger partial charge in [-0.25, -0.2) is 13.4 Å². The lowest BCUT2D eigenvalue weighted by atomic mass is 9.99. The first-order valence-electron chi connectivity index (χ1n) is 6.22. The molecule has 3 rings (SSSR count). The van der Waals surface area contributed by atoms with Crippen molar-refractivity contribution in [1.29, 1.82) is 0 Å². The second kappa shape index (κ2) is 4.04. The van der Waals surface area contributed by atoms with Crippen LogP contribution in [0.25, 0.3) is 0 Å².